The van der Waals surface area contributed by atoms with Gasteiger partial charge in [-0.3, -0.25) is 14.9 Å². The maximum atomic E-state index is 12.4. The predicted octanol–water partition coefficient (Wildman–Crippen LogP) is 2.37. The Bertz CT molecular complexity index is 797. The second-order valence-electron chi connectivity index (χ2n) is 6.70. The second kappa shape index (κ2) is 8.88. The molecule has 0 spiro atoms. The van der Waals surface area contributed by atoms with Crippen LogP contribution >= 0.6 is 0 Å². The molecule has 10 heteroatoms. The molecule has 0 atom stereocenters. The number of carbonyl (C=O) groups is 3. The number of anilines is 2. The molecule has 0 aliphatic rings. The fourth-order valence-electron chi connectivity index (χ4n) is 2.08. The average Bonchev–Trinajstić information content (AvgIpc) is 3.00. The third-order valence-corrected chi connectivity index (χ3v) is 3.23. The fourth-order valence-corrected chi connectivity index (χ4v) is 2.08. The number of rotatable bonds is 3. The van der Waals surface area contributed by atoms with Gasteiger partial charge in [0.1, 0.15) is 17.1 Å². The van der Waals surface area contributed by atoms with Gasteiger partial charge in [-0.15, -0.1) is 0 Å². The van der Waals surface area contributed by atoms with Crippen LogP contribution in [0, 0.1) is 6.92 Å². The van der Waals surface area contributed by atoms with Crippen molar-refractivity contribution in [3.63, 3.8) is 0 Å². The Morgan fingerprint density at radius 2 is 1.78 bits per heavy atom. The van der Waals surface area contributed by atoms with E-state index >= 15 is 0 Å². The van der Waals surface area contributed by atoms with E-state index in [1.165, 1.54) is 0 Å². The van der Waals surface area contributed by atoms with E-state index in [-0.39, 0.29) is 12.4 Å². The Labute approximate surface area is 157 Å². The second-order valence-corrected chi connectivity index (χ2v) is 6.70. The third kappa shape index (κ3) is 6.84. The zero-order chi connectivity index (χ0) is 20.8. The maximum Gasteiger partial charge on any atom is 0.412 e. The maximum absolute atomic E-state index is 12.4. The van der Waals surface area contributed by atoms with Gasteiger partial charge in [0.2, 0.25) is 0 Å². The number of aryl methyl sites for hydroxylation is 3. The molecular weight excluding hydrogens is 354 g/mol. The monoisotopic (exact) mass is 379 g/mol. The number of carbonyl (C=O) groups excluding carboxylic acids is 2. The summed E-state index contributed by atoms with van der Waals surface area (Å²) >= 11 is 0. The first kappa shape index (κ1) is 21.7. The number of carboxylic acid groups (broad SMARTS) is 1. The van der Waals surface area contributed by atoms with Gasteiger partial charge in [0, 0.05) is 26.5 Å². The van der Waals surface area contributed by atoms with E-state index in [4.69, 9.17) is 14.6 Å². The van der Waals surface area contributed by atoms with E-state index in [1.54, 1.807) is 50.8 Å². The Kier molecular flexibility index (Phi) is 7.15. The minimum absolute atomic E-state index is 0.250. The molecule has 3 N–H and O–H groups in total. The normalized spacial score (nSPS) is 10.4. The quantitative estimate of drug-likeness (QED) is 0.703. The molecule has 2 rings (SSSR count). The van der Waals surface area contributed by atoms with Crippen molar-refractivity contribution < 1.29 is 24.2 Å². The molecule has 2 aromatic rings. The molecule has 148 valence electrons. The lowest BCUT2D eigenvalue weighted by Crippen LogP contribution is -2.27. The Hall–Kier alpha value is -3.30. The molecule has 0 aliphatic carbocycles. The van der Waals surface area contributed by atoms with Gasteiger partial charge in [-0.2, -0.15) is 0 Å². The lowest BCUT2D eigenvalue weighted by molar-refractivity contribution is -0.122. The molecule has 2 amide bonds. The van der Waals surface area contributed by atoms with E-state index in [2.05, 4.69) is 15.6 Å². The van der Waals surface area contributed by atoms with Crippen molar-refractivity contribution in [1.29, 1.82) is 0 Å². The number of amides is 2. The van der Waals surface area contributed by atoms with Crippen LogP contribution in [0.15, 0.2) is 18.5 Å². The number of nitrogens with zero attached hydrogens (tertiary/aromatic N) is 3. The minimum atomic E-state index is -0.587. The van der Waals surface area contributed by atoms with Gasteiger partial charge >= 0.3 is 6.09 Å². The van der Waals surface area contributed by atoms with Gasteiger partial charge in [0.15, 0.2) is 5.82 Å². The molecule has 0 radical (unpaired) electrons. The Balaban J connectivity index is 0.00000114. The fraction of sp³-hybridized carbons (Fsp3) is 0.412. The average molecular weight is 379 g/mol. The highest BCUT2D eigenvalue weighted by Crippen LogP contribution is 2.16. The van der Waals surface area contributed by atoms with Crippen molar-refractivity contribution in [2.24, 2.45) is 14.1 Å². The smallest absolute Gasteiger partial charge is 0.412 e. The van der Waals surface area contributed by atoms with Gasteiger partial charge in [-0.25, -0.2) is 9.78 Å². The number of nitrogens with one attached hydrogen (secondary N) is 2. The predicted molar refractivity (Wildman–Crippen MR) is 99.9 cm³/mol. The lowest BCUT2D eigenvalue weighted by atomic mass is 10.2. The summed E-state index contributed by atoms with van der Waals surface area (Å²) in [4.78, 5) is 36.7. The number of ether oxygens (including phenoxy) is 1. The highest BCUT2D eigenvalue weighted by molar-refractivity contribution is 6.03. The van der Waals surface area contributed by atoms with Crippen LogP contribution in [0.25, 0.3) is 0 Å². The SMILES string of the molecule is Cc1nc(NC(=O)c2cc(NC(=O)OC(C)(C)C)cn2C)cn1C.O=CO. The molecule has 0 aliphatic heterocycles. The van der Waals surface area contributed by atoms with E-state index in [1.807, 2.05) is 18.5 Å². The highest BCUT2D eigenvalue weighted by atomic mass is 16.6. The molecule has 0 bridgehead atoms. The summed E-state index contributed by atoms with van der Waals surface area (Å²) in [7, 11) is 3.57. The van der Waals surface area contributed by atoms with Gasteiger partial charge < -0.3 is 24.3 Å². The zero-order valence-electron chi connectivity index (χ0n) is 16.2. The van der Waals surface area contributed by atoms with Crippen LogP contribution in [-0.4, -0.2) is 43.3 Å². The molecular formula is C17H25N5O5. The minimum Gasteiger partial charge on any atom is -0.483 e. The van der Waals surface area contributed by atoms with Crippen molar-refractivity contribution in [3.05, 3.63) is 30.0 Å². The number of hydrogen-bond acceptors (Lipinski definition) is 5. The standard InChI is InChI=1S/C16H23N5O3.CH2O2/c1-10-17-13(9-20(10)5)19-14(22)12-7-11(8-21(12)6)18-15(23)24-16(2,3)4;2-1-3/h7-9H,1-6H3,(H,18,23)(H,19,22);1H,(H,2,3). The Morgan fingerprint density at radius 3 is 2.26 bits per heavy atom. The van der Waals surface area contributed by atoms with Gasteiger partial charge in [-0.05, 0) is 33.8 Å². The first-order valence-corrected chi connectivity index (χ1v) is 8.02. The van der Waals surface area contributed by atoms with Gasteiger partial charge in [0.25, 0.3) is 12.4 Å². The molecule has 0 saturated carbocycles. The molecule has 0 fully saturated rings. The summed E-state index contributed by atoms with van der Waals surface area (Å²) in [6, 6.07) is 1.58. The molecule has 27 heavy (non-hydrogen) atoms. The van der Waals surface area contributed by atoms with Crippen LogP contribution in [0.4, 0.5) is 16.3 Å². The summed E-state index contributed by atoms with van der Waals surface area (Å²) < 4.78 is 8.63. The first-order valence-electron chi connectivity index (χ1n) is 8.02. The van der Waals surface area contributed by atoms with E-state index in [0.29, 0.717) is 17.2 Å². The van der Waals surface area contributed by atoms with E-state index in [9.17, 15) is 9.59 Å². The van der Waals surface area contributed by atoms with Gasteiger partial charge in [0.05, 0.1) is 5.69 Å². The molecule has 2 heterocycles. The van der Waals surface area contributed by atoms with Crippen molar-refractivity contribution in [3.8, 4) is 0 Å². The number of aromatic nitrogens is 3. The summed E-state index contributed by atoms with van der Waals surface area (Å²) in [6.45, 7) is 6.95. The van der Waals surface area contributed by atoms with Crippen LogP contribution in [0.2, 0.25) is 0 Å². The molecule has 0 saturated heterocycles. The van der Waals surface area contributed by atoms with Crippen LogP contribution in [-0.2, 0) is 23.6 Å². The number of imidazole rings is 1. The van der Waals surface area contributed by atoms with Crippen LogP contribution in [0.5, 0.6) is 0 Å². The number of hydrogen-bond donors (Lipinski definition) is 3. The summed E-state index contributed by atoms with van der Waals surface area (Å²) in [5, 5.41) is 12.2. The van der Waals surface area contributed by atoms with E-state index in [0.717, 1.165) is 5.82 Å². The van der Waals surface area contributed by atoms with Crippen LogP contribution in [0.1, 0.15) is 37.1 Å². The zero-order valence-corrected chi connectivity index (χ0v) is 16.2. The lowest BCUT2D eigenvalue weighted by Gasteiger charge is -2.19. The summed E-state index contributed by atoms with van der Waals surface area (Å²) in [5.41, 5.74) is 0.286. The van der Waals surface area contributed by atoms with Crippen molar-refractivity contribution in [2.75, 3.05) is 10.6 Å². The topological polar surface area (TPSA) is 127 Å². The third-order valence-electron chi connectivity index (χ3n) is 3.23. The summed E-state index contributed by atoms with van der Waals surface area (Å²) in [5.74, 6) is 0.958. The van der Waals surface area contributed by atoms with E-state index < -0.39 is 11.7 Å². The molecule has 2 aromatic heterocycles. The van der Waals surface area contributed by atoms with Crippen LogP contribution < -0.4 is 10.6 Å². The van der Waals surface area contributed by atoms with Crippen molar-refractivity contribution in [2.45, 2.75) is 33.3 Å². The highest BCUT2D eigenvalue weighted by Gasteiger charge is 2.18. The summed E-state index contributed by atoms with van der Waals surface area (Å²) in [6.07, 6.45) is 2.80. The molecule has 0 aromatic carbocycles. The first-order chi connectivity index (χ1) is 12.5. The largest absolute Gasteiger partial charge is 0.483 e. The molecule has 10 nitrogen and oxygen atoms in total. The van der Waals surface area contributed by atoms with Crippen LogP contribution in [0.3, 0.4) is 0 Å². The van der Waals surface area contributed by atoms with Crippen molar-refractivity contribution >= 4 is 30.0 Å². The molecule has 0 unspecified atom stereocenters. The van der Waals surface area contributed by atoms with Crippen molar-refractivity contribution in [1.82, 2.24) is 14.1 Å². The Morgan fingerprint density at radius 1 is 1.19 bits per heavy atom. The van der Waals surface area contributed by atoms with Gasteiger partial charge in [-0.1, -0.05) is 0 Å².